The van der Waals surface area contributed by atoms with Crippen LogP contribution in [0, 0.1) is 0 Å². The van der Waals surface area contributed by atoms with Crippen molar-refractivity contribution in [3.8, 4) is 0 Å². The van der Waals surface area contributed by atoms with Crippen LogP contribution < -0.4 is 5.73 Å². The minimum atomic E-state index is -0.193. The van der Waals surface area contributed by atoms with E-state index in [0.29, 0.717) is 18.7 Å². The first-order valence-electron chi connectivity index (χ1n) is 6.47. The zero-order valence-electron chi connectivity index (χ0n) is 11.7. The van der Waals surface area contributed by atoms with Gasteiger partial charge in [0.15, 0.2) is 0 Å². The van der Waals surface area contributed by atoms with Gasteiger partial charge in [0, 0.05) is 43.9 Å². The molecule has 5 heteroatoms. The molecular formula is C15H19N3O2. The summed E-state index contributed by atoms with van der Waals surface area (Å²) < 4.78 is 4.99. The summed E-state index contributed by atoms with van der Waals surface area (Å²) in [6.07, 6.45) is 1.72. The van der Waals surface area contributed by atoms with Gasteiger partial charge in [0.25, 0.3) is 5.91 Å². The van der Waals surface area contributed by atoms with Crippen LogP contribution in [-0.2, 0) is 4.74 Å². The predicted octanol–water partition coefficient (Wildman–Crippen LogP) is 1.28. The Kier molecular flexibility index (Phi) is 4.65. The van der Waals surface area contributed by atoms with Crippen molar-refractivity contribution < 1.29 is 9.53 Å². The lowest BCUT2D eigenvalue weighted by Crippen LogP contribution is -2.41. The number of fused-ring (bicyclic) bond motifs is 1. The molecule has 1 atom stereocenters. The Morgan fingerprint density at radius 2 is 2.20 bits per heavy atom. The van der Waals surface area contributed by atoms with Crippen LogP contribution in [0.25, 0.3) is 10.9 Å². The maximum absolute atomic E-state index is 12.5. The van der Waals surface area contributed by atoms with Crippen molar-refractivity contribution in [3.05, 3.63) is 42.1 Å². The number of ether oxygens (including phenoxy) is 1. The Labute approximate surface area is 118 Å². The fourth-order valence-electron chi connectivity index (χ4n) is 2.20. The normalized spacial score (nSPS) is 12.3. The number of nitrogens with zero attached hydrogens (tertiary/aromatic N) is 2. The van der Waals surface area contributed by atoms with Crippen molar-refractivity contribution in [3.63, 3.8) is 0 Å². The second-order valence-corrected chi connectivity index (χ2v) is 4.78. The molecule has 0 radical (unpaired) electrons. The van der Waals surface area contributed by atoms with E-state index in [2.05, 4.69) is 4.98 Å². The highest BCUT2D eigenvalue weighted by molar-refractivity contribution is 6.06. The topological polar surface area (TPSA) is 68.5 Å². The molecule has 0 fully saturated rings. The molecular weight excluding hydrogens is 254 g/mol. The van der Waals surface area contributed by atoms with Crippen molar-refractivity contribution >= 4 is 16.8 Å². The largest absolute Gasteiger partial charge is 0.383 e. The molecule has 20 heavy (non-hydrogen) atoms. The molecule has 5 nitrogen and oxygen atoms in total. The first-order chi connectivity index (χ1) is 9.63. The molecule has 1 amide bonds. The summed E-state index contributed by atoms with van der Waals surface area (Å²) >= 11 is 0. The number of hydrogen-bond acceptors (Lipinski definition) is 4. The number of hydrogen-bond donors (Lipinski definition) is 1. The van der Waals surface area contributed by atoms with Gasteiger partial charge in [0.1, 0.15) is 0 Å². The molecule has 0 saturated carbocycles. The Bertz CT molecular complexity index is 595. The van der Waals surface area contributed by atoms with Crippen molar-refractivity contribution in [2.75, 3.05) is 27.3 Å². The van der Waals surface area contributed by atoms with Gasteiger partial charge in [-0.25, -0.2) is 0 Å². The van der Waals surface area contributed by atoms with Crippen LogP contribution >= 0.6 is 0 Å². The summed E-state index contributed by atoms with van der Waals surface area (Å²) in [7, 11) is 3.34. The molecule has 1 unspecified atom stereocenters. The van der Waals surface area contributed by atoms with Crippen molar-refractivity contribution in [2.45, 2.75) is 6.04 Å². The quantitative estimate of drug-likeness (QED) is 0.891. The number of methoxy groups -OCH3 is 1. The first-order valence-corrected chi connectivity index (χ1v) is 6.47. The zero-order valence-corrected chi connectivity index (χ0v) is 11.7. The number of aromatic nitrogens is 1. The third kappa shape index (κ3) is 3.12. The molecule has 0 aliphatic heterocycles. The number of nitrogens with two attached hydrogens (primary N) is 1. The highest BCUT2D eigenvalue weighted by atomic mass is 16.5. The molecule has 0 bridgehead atoms. The van der Waals surface area contributed by atoms with Crippen LogP contribution in [0.2, 0.25) is 0 Å². The van der Waals surface area contributed by atoms with Gasteiger partial charge in [0.2, 0.25) is 0 Å². The van der Waals surface area contributed by atoms with E-state index in [1.807, 2.05) is 30.3 Å². The lowest BCUT2D eigenvalue weighted by molar-refractivity contribution is 0.0766. The highest BCUT2D eigenvalue weighted by Gasteiger charge is 2.16. The van der Waals surface area contributed by atoms with E-state index in [1.165, 1.54) is 0 Å². The van der Waals surface area contributed by atoms with Gasteiger partial charge in [-0.15, -0.1) is 0 Å². The highest BCUT2D eigenvalue weighted by Crippen LogP contribution is 2.17. The van der Waals surface area contributed by atoms with E-state index in [1.54, 1.807) is 25.3 Å². The number of carbonyl (C=O) groups is 1. The Morgan fingerprint density at radius 3 is 2.95 bits per heavy atom. The number of rotatable bonds is 5. The average Bonchev–Trinajstić information content (AvgIpc) is 2.46. The smallest absolute Gasteiger partial charge is 0.254 e. The number of benzene rings is 1. The van der Waals surface area contributed by atoms with Crippen LogP contribution in [0.5, 0.6) is 0 Å². The predicted molar refractivity (Wildman–Crippen MR) is 78.6 cm³/mol. The third-order valence-corrected chi connectivity index (χ3v) is 3.11. The molecule has 0 spiro atoms. The first kappa shape index (κ1) is 14.4. The molecule has 1 aromatic heterocycles. The van der Waals surface area contributed by atoms with E-state index in [9.17, 15) is 4.79 Å². The minimum Gasteiger partial charge on any atom is -0.383 e. The van der Waals surface area contributed by atoms with Gasteiger partial charge in [0.05, 0.1) is 12.1 Å². The van der Waals surface area contributed by atoms with Crippen LogP contribution in [0.4, 0.5) is 0 Å². The molecule has 106 valence electrons. The van der Waals surface area contributed by atoms with Crippen molar-refractivity contribution in [1.82, 2.24) is 9.88 Å². The fraction of sp³-hybridized carbons (Fsp3) is 0.333. The van der Waals surface area contributed by atoms with Crippen LogP contribution in [-0.4, -0.2) is 49.1 Å². The van der Waals surface area contributed by atoms with E-state index < -0.39 is 0 Å². The minimum absolute atomic E-state index is 0.0600. The van der Waals surface area contributed by atoms with Gasteiger partial charge in [-0.2, -0.15) is 0 Å². The van der Waals surface area contributed by atoms with Crippen LogP contribution in [0.1, 0.15) is 10.4 Å². The van der Waals surface area contributed by atoms with E-state index >= 15 is 0 Å². The number of amides is 1. The number of pyridine rings is 1. The fourth-order valence-corrected chi connectivity index (χ4v) is 2.20. The van der Waals surface area contributed by atoms with E-state index in [0.717, 1.165) is 10.9 Å². The van der Waals surface area contributed by atoms with Gasteiger partial charge >= 0.3 is 0 Å². The van der Waals surface area contributed by atoms with Crippen LogP contribution in [0.15, 0.2) is 36.5 Å². The summed E-state index contributed by atoms with van der Waals surface area (Å²) in [5.74, 6) is -0.0600. The molecule has 2 N–H and O–H groups in total. The van der Waals surface area contributed by atoms with Gasteiger partial charge in [-0.1, -0.05) is 12.1 Å². The Hall–Kier alpha value is -1.98. The van der Waals surface area contributed by atoms with Gasteiger partial charge in [-0.3, -0.25) is 9.78 Å². The van der Waals surface area contributed by atoms with Crippen molar-refractivity contribution in [2.24, 2.45) is 5.73 Å². The number of carbonyl (C=O) groups excluding carboxylic acids is 1. The SMILES string of the molecule is COCC(N)CN(C)C(=O)c1cccc2ncccc12. The molecule has 2 aromatic rings. The monoisotopic (exact) mass is 273 g/mol. The summed E-state index contributed by atoms with van der Waals surface area (Å²) in [4.78, 5) is 18.4. The maximum atomic E-state index is 12.5. The maximum Gasteiger partial charge on any atom is 0.254 e. The summed E-state index contributed by atoms with van der Waals surface area (Å²) in [6, 6.07) is 9.08. The zero-order chi connectivity index (χ0) is 14.5. The van der Waals surface area contributed by atoms with Gasteiger partial charge < -0.3 is 15.4 Å². The molecule has 0 aliphatic carbocycles. The Balaban J connectivity index is 2.23. The third-order valence-electron chi connectivity index (χ3n) is 3.11. The van der Waals surface area contributed by atoms with Crippen molar-refractivity contribution in [1.29, 1.82) is 0 Å². The second-order valence-electron chi connectivity index (χ2n) is 4.78. The Morgan fingerprint density at radius 1 is 1.40 bits per heavy atom. The molecule has 0 aliphatic rings. The van der Waals surface area contributed by atoms with E-state index in [-0.39, 0.29) is 11.9 Å². The molecule has 2 rings (SSSR count). The lowest BCUT2D eigenvalue weighted by Gasteiger charge is -2.21. The van der Waals surface area contributed by atoms with Crippen LogP contribution in [0.3, 0.4) is 0 Å². The summed E-state index contributed by atoms with van der Waals surface area (Å²) in [5.41, 5.74) is 7.34. The standard InChI is InChI=1S/C15H19N3O2/c1-18(9-11(16)10-20-2)15(19)13-5-3-7-14-12(13)6-4-8-17-14/h3-8,11H,9-10,16H2,1-2H3. The second kappa shape index (κ2) is 6.45. The molecule has 0 saturated heterocycles. The molecule has 1 heterocycles. The summed E-state index contributed by atoms with van der Waals surface area (Å²) in [5, 5.41) is 0.854. The van der Waals surface area contributed by atoms with Gasteiger partial charge in [-0.05, 0) is 18.2 Å². The lowest BCUT2D eigenvalue weighted by atomic mass is 10.1. The van der Waals surface area contributed by atoms with E-state index in [4.69, 9.17) is 10.5 Å². The summed E-state index contributed by atoms with van der Waals surface area (Å²) in [6.45, 7) is 0.873. The average molecular weight is 273 g/mol. The molecule has 1 aromatic carbocycles. The number of likely N-dealkylation sites (N-methyl/N-ethyl adjacent to an activating group) is 1.